The number of carbonyl (C=O) groups excluding carboxylic acids is 1. The molecule has 1 aromatic carbocycles. The third-order valence-corrected chi connectivity index (χ3v) is 4.23. The van der Waals surface area contributed by atoms with E-state index in [9.17, 15) is 9.59 Å². The standard InChI is InChI=1S/C15H19NO4S/c1-11-9-16(10-13(20-11)15(18)19)14(17)7-8-21-12-5-3-2-4-6-12/h2-6,11,13H,7-10H2,1H3,(H,18,19)/t11-,13?/m1/s1. The Kier molecular flexibility index (Phi) is 5.64. The van der Waals surface area contributed by atoms with Crippen LogP contribution in [-0.2, 0) is 14.3 Å². The third-order valence-electron chi connectivity index (χ3n) is 3.22. The van der Waals surface area contributed by atoms with E-state index in [4.69, 9.17) is 9.84 Å². The number of ether oxygens (including phenoxy) is 1. The molecule has 0 bridgehead atoms. The van der Waals surface area contributed by atoms with Crippen molar-refractivity contribution >= 4 is 23.6 Å². The van der Waals surface area contributed by atoms with Gasteiger partial charge in [0.15, 0.2) is 6.10 Å². The van der Waals surface area contributed by atoms with Crippen molar-refractivity contribution in [3.8, 4) is 0 Å². The Balaban J connectivity index is 1.81. The highest BCUT2D eigenvalue weighted by Crippen LogP contribution is 2.19. The van der Waals surface area contributed by atoms with Crippen LogP contribution in [-0.4, -0.2) is 52.9 Å². The summed E-state index contributed by atoms with van der Waals surface area (Å²) in [5.74, 6) is -0.343. The van der Waals surface area contributed by atoms with Gasteiger partial charge in [0.1, 0.15) is 0 Å². The van der Waals surface area contributed by atoms with Crippen LogP contribution >= 0.6 is 11.8 Å². The summed E-state index contributed by atoms with van der Waals surface area (Å²) in [5, 5.41) is 9.01. The maximum Gasteiger partial charge on any atom is 0.334 e. The monoisotopic (exact) mass is 309 g/mol. The number of carboxylic acids is 1. The Morgan fingerprint density at radius 1 is 1.33 bits per heavy atom. The highest BCUT2D eigenvalue weighted by Gasteiger charge is 2.32. The Morgan fingerprint density at radius 3 is 2.71 bits per heavy atom. The molecular formula is C15H19NO4S. The summed E-state index contributed by atoms with van der Waals surface area (Å²) in [6.07, 6.45) is -0.761. The number of rotatable bonds is 5. The molecule has 5 nitrogen and oxygen atoms in total. The summed E-state index contributed by atoms with van der Waals surface area (Å²) >= 11 is 1.63. The molecule has 1 aliphatic heterocycles. The van der Waals surface area contributed by atoms with Crippen LogP contribution in [0.4, 0.5) is 0 Å². The van der Waals surface area contributed by atoms with Gasteiger partial charge in [-0.15, -0.1) is 11.8 Å². The number of amides is 1. The van der Waals surface area contributed by atoms with Crippen LogP contribution in [0.15, 0.2) is 35.2 Å². The second-order valence-electron chi connectivity index (χ2n) is 4.98. The third kappa shape index (κ3) is 4.75. The van der Waals surface area contributed by atoms with Gasteiger partial charge in [-0.3, -0.25) is 4.79 Å². The molecule has 2 atom stereocenters. The first-order valence-electron chi connectivity index (χ1n) is 6.90. The van der Waals surface area contributed by atoms with Crippen molar-refractivity contribution < 1.29 is 19.4 Å². The smallest absolute Gasteiger partial charge is 0.334 e. The Morgan fingerprint density at radius 2 is 2.05 bits per heavy atom. The van der Waals surface area contributed by atoms with E-state index in [0.717, 1.165) is 4.90 Å². The maximum absolute atomic E-state index is 12.2. The molecule has 1 saturated heterocycles. The molecule has 1 aromatic rings. The van der Waals surface area contributed by atoms with E-state index in [-0.39, 0.29) is 18.6 Å². The fourth-order valence-corrected chi connectivity index (χ4v) is 3.08. The van der Waals surface area contributed by atoms with Gasteiger partial charge in [-0.05, 0) is 19.1 Å². The first kappa shape index (κ1) is 15.9. The normalized spacial score (nSPS) is 22.0. The van der Waals surface area contributed by atoms with Gasteiger partial charge in [0, 0.05) is 23.6 Å². The zero-order chi connectivity index (χ0) is 15.2. The van der Waals surface area contributed by atoms with Gasteiger partial charge in [-0.25, -0.2) is 4.79 Å². The van der Waals surface area contributed by atoms with Crippen LogP contribution in [0.25, 0.3) is 0 Å². The largest absolute Gasteiger partial charge is 0.479 e. The van der Waals surface area contributed by atoms with Crippen LogP contribution in [0.2, 0.25) is 0 Å². The highest BCUT2D eigenvalue weighted by atomic mass is 32.2. The first-order chi connectivity index (χ1) is 10.1. The lowest BCUT2D eigenvalue weighted by Gasteiger charge is -2.35. The number of aliphatic carboxylic acids is 1. The number of hydrogen-bond donors (Lipinski definition) is 1. The van der Waals surface area contributed by atoms with Gasteiger partial charge in [-0.2, -0.15) is 0 Å². The van der Waals surface area contributed by atoms with E-state index in [1.54, 1.807) is 23.6 Å². The van der Waals surface area contributed by atoms with Crippen molar-refractivity contribution in [2.24, 2.45) is 0 Å². The van der Waals surface area contributed by atoms with Crippen molar-refractivity contribution in [3.63, 3.8) is 0 Å². The van der Waals surface area contributed by atoms with Crippen molar-refractivity contribution in [1.29, 1.82) is 0 Å². The van der Waals surface area contributed by atoms with Gasteiger partial charge in [-0.1, -0.05) is 18.2 Å². The number of carbonyl (C=O) groups is 2. The zero-order valence-corrected chi connectivity index (χ0v) is 12.7. The number of morpholine rings is 1. The van der Waals surface area contributed by atoms with Gasteiger partial charge < -0.3 is 14.7 Å². The maximum atomic E-state index is 12.2. The minimum absolute atomic E-state index is 0.0140. The lowest BCUT2D eigenvalue weighted by molar-refractivity contribution is -0.166. The zero-order valence-electron chi connectivity index (χ0n) is 11.9. The summed E-state index contributed by atoms with van der Waals surface area (Å²) < 4.78 is 5.30. The molecule has 1 aliphatic rings. The molecule has 2 rings (SSSR count). The van der Waals surface area contributed by atoms with E-state index in [2.05, 4.69) is 0 Å². The van der Waals surface area contributed by atoms with E-state index in [1.165, 1.54) is 0 Å². The van der Waals surface area contributed by atoms with Crippen LogP contribution in [0.3, 0.4) is 0 Å². The molecule has 0 aromatic heterocycles. The molecule has 1 fully saturated rings. The quantitative estimate of drug-likeness (QED) is 0.841. The van der Waals surface area contributed by atoms with Gasteiger partial charge >= 0.3 is 5.97 Å². The minimum Gasteiger partial charge on any atom is -0.479 e. The first-order valence-corrected chi connectivity index (χ1v) is 7.88. The van der Waals surface area contributed by atoms with E-state index in [0.29, 0.717) is 18.7 Å². The van der Waals surface area contributed by atoms with Crippen molar-refractivity contribution in [2.45, 2.75) is 30.4 Å². The SMILES string of the molecule is C[C@@H]1CN(C(=O)CCSc2ccccc2)CC(C(=O)O)O1. The number of hydrogen-bond acceptors (Lipinski definition) is 4. The Labute approximate surface area is 128 Å². The highest BCUT2D eigenvalue weighted by molar-refractivity contribution is 7.99. The Bertz CT molecular complexity index is 494. The lowest BCUT2D eigenvalue weighted by atomic mass is 10.2. The fourth-order valence-electron chi connectivity index (χ4n) is 2.22. The average Bonchev–Trinajstić information content (AvgIpc) is 2.47. The van der Waals surface area contributed by atoms with Crippen molar-refractivity contribution in [1.82, 2.24) is 4.90 Å². The average molecular weight is 309 g/mol. The molecule has 0 spiro atoms. The molecule has 0 radical (unpaired) electrons. The molecule has 1 heterocycles. The number of thioether (sulfide) groups is 1. The van der Waals surface area contributed by atoms with Crippen LogP contribution in [0.5, 0.6) is 0 Å². The lowest BCUT2D eigenvalue weighted by Crippen LogP contribution is -2.51. The van der Waals surface area contributed by atoms with E-state index >= 15 is 0 Å². The number of carboxylic acid groups (broad SMARTS) is 1. The second kappa shape index (κ2) is 7.47. The second-order valence-corrected chi connectivity index (χ2v) is 6.15. The summed E-state index contributed by atoms with van der Waals surface area (Å²) in [6.45, 7) is 2.38. The molecule has 0 saturated carbocycles. The number of benzene rings is 1. The van der Waals surface area contributed by atoms with Gasteiger partial charge in [0.2, 0.25) is 5.91 Å². The summed E-state index contributed by atoms with van der Waals surface area (Å²) in [6, 6.07) is 9.89. The van der Waals surface area contributed by atoms with Crippen LogP contribution in [0.1, 0.15) is 13.3 Å². The summed E-state index contributed by atoms with van der Waals surface area (Å²) in [4.78, 5) is 25.9. The van der Waals surface area contributed by atoms with Gasteiger partial charge in [0.25, 0.3) is 0 Å². The van der Waals surface area contributed by atoms with E-state index in [1.807, 2.05) is 30.3 Å². The summed E-state index contributed by atoms with van der Waals surface area (Å²) in [5.41, 5.74) is 0. The topological polar surface area (TPSA) is 66.8 Å². The minimum atomic E-state index is -1.02. The van der Waals surface area contributed by atoms with Crippen molar-refractivity contribution in [3.05, 3.63) is 30.3 Å². The van der Waals surface area contributed by atoms with Crippen molar-refractivity contribution in [2.75, 3.05) is 18.8 Å². The molecule has 0 aliphatic carbocycles. The molecule has 6 heteroatoms. The van der Waals surface area contributed by atoms with Crippen LogP contribution in [0, 0.1) is 0 Å². The molecule has 1 N–H and O–H groups in total. The predicted molar refractivity (Wildman–Crippen MR) is 80.3 cm³/mol. The molecule has 1 amide bonds. The molecule has 21 heavy (non-hydrogen) atoms. The Hall–Kier alpha value is -1.53. The van der Waals surface area contributed by atoms with Crippen LogP contribution < -0.4 is 0 Å². The number of nitrogens with zero attached hydrogens (tertiary/aromatic N) is 1. The molecule has 1 unspecified atom stereocenters. The predicted octanol–water partition coefficient (Wildman–Crippen LogP) is 1.87. The van der Waals surface area contributed by atoms with Gasteiger partial charge in [0.05, 0.1) is 12.6 Å². The summed E-state index contributed by atoms with van der Waals surface area (Å²) in [7, 11) is 0. The molecular weight excluding hydrogens is 290 g/mol. The fraction of sp³-hybridized carbons (Fsp3) is 0.467. The molecule has 114 valence electrons. The van der Waals surface area contributed by atoms with E-state index < -0.39 is 12.1 Å².